The summed E-state index contributed by atoms with van der Waals surface area (Å²) in [6.45, 7) is 5.41. The van der Waals surface area contributed by atoms with E-state index in [4.69, 9.17) is 14.2 Å². The van der Waals surface area contributed by atoms with Gasteiger partial charge >= 0.3 is 11.9 Å². The van der Waals surface area contributed by atoms with Gasteiger partial charge in [-0.05, 0) is 50.6 Å². The fourth-order valence-electron chi connectivity index (χ4n) is 2.03. The minimum Gasteiger partial charge on any atom is -0.489 e. The summed E-state index contributed by atoms with van der Waals surface area (Å²) in [5.74, 6) is -0.498. The van der Waals surface area contributed by atoms with Gasteiger partial charge in [0.15, 0.2) is 6.10 Å². The topological polar surface area (TPSA) is 61.8 Å². The molecule has 25 heavy (non-hydrogen) atoms. The van der Waals surface area contributed by atoms with Gasteiger partial charge in [0.25, 0.3) is 0 Å². The predicted octanol–water partition coefficient (Wildman–Crippen LogP) is 3.76. The Hall–Kier alpha value is -2.82. The highest BCUT2D eigenvalue weighted by atomic mass is 16.6. The van der Waals surface area contributed by atoms with Crippen LogP contribution in [0, 0.1) is 0 Å². The number of rotatable bonds is 7. The molecule has 1 unspecified atom stereocenters. The third kappa shape index (κ3) is 5.95. The summed E-state index contributed by atoms with van der Waals surface area (Å²) in [7, 11) is 0. The van der Waals surface area contributed by atoms with Crippen molar-refractivity contribution in [3.05, 3.63) is 65.7 Å². The average molecular weight is 342 g/mol. The van der Waals surface area contributed by atoms with Crippen molar-refractivity contribution >= 4 is 11.9 Å². The summed E-state index contributed by atoms with van der Waals surface area (Å²) >= 11 is 0. The summed E-state index contributed by atoms with van der Waals surface area (Å²) in [6, 6.07) is 16.4. The van der Waals surface area contributed by atoms with E-state index in [1.807, 2.05) is 30.3 Å². The van der Waals surface area contributed by atoms with E-state index in [0.717, 1.165) is 5.56 Å². The van der Waals surface area contributed by atoms with Crippen LogP contribution in [0.15, 0.2) is 54.6 Å². The predicted molar refractivity (Wildman–Crippen MR) is 93.3 cm³/mol. The van der Waals surface area contributed by atoms with E-state index in [-0.39, 0.29) is 6.10 Å². The molecular formula is C20H22O5. The minimum absolute atomic E-state index is 0.255. The van der Waals surface area contributed by atoms with Crippen LogP contribution in [-0.4, -0.2) is 24.1 Å². The summed E-state index contributed by atoms with van der Waals surface area (Å²) in [5, 5.41) is 0. The molecule has 0 saturated carbocycles. The molecule has 2 aromatic rings. The number of carbonyl (C=O) groups excluding carboxylic acids is 2. The zero-order valence-corrected chi connectivity index (χ0v) is 14.6. The number of benzene rings is 2. The summed E-state index contributed by atoms with van der Waals surface area (Å²) in [4.78, 5) is 23.7. The number of ether oxygens (including phenoxy) is 3. The molecule has 5 heteroatoms. The molecule has 0 heterocycles. The van der Waals surface area contributed by atoms with Crippen LogP contribution in [0.4, 0.5) is 0 Å². The molecule has 2 rings (SSSR count). The molecule has 0 fully saturated rings. The van der Waals surface area contributed by atoms with Crippen LogP contribution in [0.25, 0.3) is 0 Å². The van der Waals surface area contributed by atoms with Gasteiger partial charge in [-0.3, -0.25) is 0 Å². The molecule has 0 spiro atoms. The van der Waals surface area contributed by atoms with Crippen molar-refractivity contribution in [1.29, 1.82) is 0 Å². The standard InChI is InChI=1S/C20H22O5/c1-14(2)24-19(21)15(3)25-20(22)17-9-11-18(12-10-17)23-13-16-7-5-4-6-8-16/h4-12,14-15H,13H2,1-3H3. The number of hydrogen-bond donors (Lipinski definition) is 0. The van der Waals surface area contributed by atoms with Crippen molar-refractivity contribution in [2.45, 2.75) is 39.6 Å². The molecule has 0 bridgehead atoms. The fourth-order valence-corrected chi connectivity index (χ4v) is 2.03. The summed E-state index contributed by atoms with van der Waals surface area (Å²) in [6.07, 6.45) is -1.21. The highest BCUT2D eigenvalue weighted by Gasteiger charge is 2.21. The Balaban J connectivity index is 1.88. The molecule has 0 radical (unpaired) electrons. The molecule has 2 aromatic carbocycles. The van der Waals surface area contributed by atoms with E-state index in [1.54, 1.807) is 38.1 Å². The lowest BCUT2D eigenvalue weighted by atomic mass is 10.2. The third-order valence-corrected chi connectivity index (χ3v) is 3.31. The van der Waals surface area contributed by atoms with E-state index in [2.05, 4.69) is 0 Å². The molecule has 5 nitrogen and oxygen atoms in total. The lowest BCUT2D eigenvalue weighted by molar-refractivity contribution is -0.156. The van der Waals surface area contributed by atoms with Gasteiger partial charge in [0, 0.05) is 0 Å². The van der Waals surface area contributed by atoms with Crippen LogP contribution < -0.4 is 4.74 Å². The van der Waals surface area contributed by atoms with Crippen LogP contribution in [0.2, 0.25) is 0 Å². The Labute approximate surface area is 147 Å². The first-order valence-electron chi connectivity index (χ1n) is 8.14. The van der Waals surface area contributed by atoms with Crippen LogP contribution in [0.1, 0.15) is 36.7 Å². The lowest BCUT2D eigenvalue weighted by Gasteiger charge is -2.14. The normalized spacial score (nSPS) is 11.7. The number of esters is 2. The third-order valence-electron chi connectivity index (χ3n) is 3.31. The van der Waals surface area contributed by atoms with Crippen molar-refractivity contribution < 1.29 is 23.8 Å². The molecule has 0 N–H and O–H groups in total. The Kier molecular flexibility index (Phi) is 6.57. The van der Waals surface area contributed by atoms with Gasteiger partial charge in [0.1, 0.15) is 12.4 Å². The highest BCUT2D eigenvalue weighted by Crippen LogP contribution is 2.15. The lowest BCUT2D eigenvalue weighted by Crippen LogP contribution is -2.28. The maximum absolute atomic E-state index is 12.1. The van der Waals surface area contributed by atoms with Gasteiger partial charge in [-0.25, -0.2) is 9.59 Å². The largest absolute Gasteiger partial charge is 0.489 e. The first-order chi connectivity index (χ1) is 12.0. The van der Waals surface area contributed by atoms with Gasteiger partial charge < -0.3 is 14.2 Å². The maximum atomic E-state index is 12.1. The van der Waals surface area contributed by atoms with Gasteiger partial charge in [0.05, 0.1) is 11.7 Å². The zero-order chi connectivity index (χ0) is 18.2. The van der Waals surface area contributed by atoms with Crippen molar-refractivity contribution in [3.63, 3.8) is 0 Å². The van der Waals surface area contributed by atoms with Gasteiger partial charge in [-0.1, -0.05) is 30.3 Å². The zero-order valence-electron chi connectivity index (χ0n) is 14.6. The van der Waals surface area contributed by atoms with E-state index in [1.165, 1.54) is 6.92 Å². The summed E-state index contributed by atoms with van der Waals surface area (Å²) < 4.78 is 15.8. The molecule has 0 aliphatic rings. The van der Waals surface area contributed by atoms with E-state index >= 15 is 0 Å². The van der Waals surface area contributed by atoms with Gasteiger partial charge in [-0.2, -0.15) is 0 Å². The Bertz CT molecular complexity index is 692. The van der Waals surface area contributed by atoms with Crippen LogP contribution in [-0.2, 0) is 20.9 Å². The molecule has 0 amide bonds. The van der Waals surface area contributed by atoms with Crippen molar-refractivity contribution in [2.24, 2.45) is 0 Å². The van der Waals surface area contributed by atoms with Crippen molar-refractivity contribution in [1.82, 2.24) is 0 Å². The highest BCUT2D eigenvalue weighted by molar-refractivity contribution is 5.91. The Morgan fingerprint density at radius 2 is 1.52 bits per heavy atom. The van der Waals surface area contributed by atoms with Crippen LogP contribution in [0.5, 0.6) is 5.75 Å². The number of carbonyl (C=O) groups is 2. The quantitative estimate of drug-likeness (QED) is 0.717. The molecular weight excluding hydrogens is 320 g/mol. The SMILES string of the molecule is CC(C)OC(=O)C(C)OC(=O)c1ccc(OCc2ccccc2)cc1. The second kappa shape index (κ2) is 8.87. The maximum Gasteiger partial charge on any atom is 0.347 e. The minimum atomic E-state index is -0.955. The van der Waals surface area contributed by atoms with Crippen LogP contribution >= 0.6 is 0 Å². The molecule has 132 valence electrons. The molecule has 0 aliphatic carbocycles. The van der Waals surface area contributed by atoms with Gasteiger partial charge in [-0.15, -0.1) is 0 Å². The fraction of sp³-hybridized carbons (Fsp3) is 0.300. The molecule has 0 aliphatic heterocycles. The Morgan fingerprint density at radius 3 is 2.12 bits per heavy atom. The Morgan fingerprint density at radius 1 is 0.880 bits per heavy atom. The average Bonchev–Trinajstić information content (AvgIpc) is 2.60. The smallest absolute Gasteiger partial charge is 0.347 e. The van der Waals surface area contributed by atoms with E-state index < -0.39 is 18.0 Å². The molecule has 0 aromatic heterocycles. The first-order valence-corrected chi connectivity index (χ1v) is 8.14. The van der Waals surface area contributed by atoms with Crippen molar-refractivity contribution in [3.8, 4) is 5.75 Å². The second-order valence-electron chi connectivity index (χ2n) is 5.83. The molecule has 0 saturated heterocycles. The monoisotopic (exact) mass is 342 g/mol. The first kappa shape index (κ1) is 18.5. The van der Waals surface area contributed by atoms with Gasteiger partial charge in [0.2, 0.25) is 0 Å². The summed E-state index contributed by atoms with van der Waals surface area (Å²) in [5.41, 5.74) is 1.40. The van der Waals surface area contributed by atoms with Crippen LogP contribution in [0.3, 0.4) is 0 Å². The number of hydrogen-bond acceptors (Lipinski definition) is 5. The van der Waals surface area contributed by atoms with E-state index in [9.17, 15) is 9.59 Å². The van der Waals surface area contributed by atoms with E-state index in [0.29, 0.717) is 17.9 Å². The van der Waals surface area contributed by atoms with Crippen molar-refractivity contribution in [2.75, 3.05) is 0 Å². The molecule has 1 atom stereocenters. The second-order valence-corrected chi connectivity index (χ2v) is 5.83.